The van der Waals surface area contributed by atoms with Crippen LogP contribution >= 0.6 is 12.2 Å². The molecule has 0 saturated heterocycles. The summed E-state index contributed by atoms with van der Waals surface area (Å²) in [4.78, 5) is -0.105. The highest BCUT2D eigenvalue weighted by molar-refractivity contribution is 7.80. The zero-order valence-corrected chi connectivity index (χ0v) is 7.76. The molecule has 0 aromatic carbocycles. The molecule has 0 aromatic rings. The molecule has 1 aliphatic carbocycles. The van der Waals surface area contributed by atoms with E-state index < -0.39 is 11.7 Å². The van der Waals surface area contributed by atoms with Crippen molar-refractivity contribution in [2.75, 3.05) is 0 Å². The Labute approximate surface area is 79.8 Å². The fourth-order valence-corrected chi connectivity index (χ4v) is 1.72. The van der Waals surface area contributed by atoms with Gasteiger partial charge >= 0.3 is 6.18 Å². The van der Waals surface area contributed by atoms with E-state index in [1.165, 1.54) is 0 Å². The molecular weight excluding hydrogens is 199 g/mol. The molecule has 0 bridgehead atoms. The largest absolute Gasteiger partial charge is 0.413 e. The van der Waals surface area contributed by atoms with Crippen LogP contribution in [0, 0.1) is 0 Å². The van der Waals surface area contributed by atoms with Crippen molar-refractivity contribution in [1.29, 1.82) is 0 Å². The Morgan fingerprint density at radius 1 is 1.23 bits per heavy atom. The summed E-state index contributed by atoms with van der Waals surface area (Å²) in [6.45, 7) is 0. The molecule has 0 aromatic heterocycles. The Hall–Kier alpha value is -0.580. The third kappa shape index (κ3) is 2.43. The van der Waals surface area contributed by atoms with Crippen molar-refractivity contribution in [3.63, 3.8) is 0 Å². The molecule has 0 saturated carbocycles. The molecule has 0 spiro atoms. The standard InChI is InChI=1S/C8H10F3NS/c9-8(10,11)6-4-2-1-3-5(6)7(12)13/h1-4H2,(H2,12,13). The maximum atomic E-state index is 12.4. The molecule has 2 N–H and O–H groups in total. The van der Waals surface area contributed by atoms with Gasteiger partial charge in [0.1, 0.15) is 0 Å². The molecular formula is C8H10F3NS. The number of alkyl halides is 3. The van der Waals surface area contributed by atoms with Crippen LogP contribution in [0.3, 0.4) is 0 Å². The van der Waals surface area contributed by atoms with Gasteiger partial charge in [0.2, 0.25) is 0 Å². The van der Waals surface area contributed by atoms with Crippen molar-refractivity contribution in [3.05, 3.63) is 11.1 Å². The van der Waals surface area contributed by atoms with Gasteiger partial charge in [-0.1, -0.05) is 12.2 Å². The molecule has 1 rings (SSSR count). The predicted molar refractivity (Wildman–Crippen MR) is 48.3 cm³/mol. The van der Waals surface area contributed by atoms with Gasteiger partial charge in [-0.05, 0) is 31.3 Å². The van der Waals surface area contributed by atoms with Crippen molar-refractivity contribution in [3.8, 4) is 0 Å². The zero-order valence-electron chi connectivity index (χ0n) is 6.95. The van der Waals surface area contributed by atoms with Crippen LogP contribution in [0.1, 0.15) is 25.7 Å². The lowest BCUT2D eigenvalue weighted by molar-refractivity contribution is -0.0954. The summed E-state index contributed by atoms with van der Waals surface area (Å²) in [5, 5.41) is 0. The quantitative estimate of drug-likeness (QED) is 0.672. The van der Waals surface area contributed by atoms with Gasteiger partial charge in [-0.2, -0.15) is 13.2 Å². The first kappa shape index (κ1) is 10.5. The summed E-state index contributed by atoms with van der Waals surface area (Å²) in [5.41, 5.74) is 4.84. The average Bonchev–Trinajstić information content (AvgIpc) is 2.03. The van der Waals surface area contributed by atoms with Crippen LogP contribution < -0.4 is 5.73 Å². The first-order chi connectivity index (χ1) is 5.93. The Morgan fingerprint density at radius 3 is 2.15 bits per heavy atom. The van der Waals surface area contributed by atoms with Crippen molar-refractivity contribution in [2.24, 2.45) is 5.73 Å². The lowest BCUT2D eigenvalue weighted by Crippen LogP contribution is -2.23. The summed E-state index contributed by atoms with van der Waals surface area (Å²) >= 11 is 4.58. The number of nitrogens with two attached hydrogens (primary N) is 1. The molecule has 74 valence electrons. The van der Waals surface area contributed by atoms with Gasteiger partial charge in [0.25, 0.3) is 0 Å². The molecule has 0 atom stereocenters. The molecule has 0 radical (unpaired) electrons. The topological polar surface area (TPSA) is 26.0 Å². The van der Waals surface area contributed by atoms with Gasteiger partial charge in [-0.25, -0.2) is 0 Å². The van der Waals surface area contributed by atoms with E-state index in [0.717, 1.165) is 6.42 Å². The van der Waals surface area contributed by atoms with E-state index in [0.29, 0.717) is 12.8 Å². The normalized spacial score (nSPS) is 19.0. The van der Waals surface area contributed by atoms with Gasteiger partial charge in [0, 0.05) is 5.57 Å². The average molecular weight is 209 g/mol. The molecule has 0 heterocycles. The molecule has 5 heteroatoms. The minimum absolute atomic E-state index is 0.0518. The number of thiocarbonyl (C=S) groups is 1. The molecule has 0 aliphatic heterocycles. The van der Waals surface area contributed by atoms with Gasteiger partial charge < -0.3 is 5.73 Å². The minimum Gasteiger partial charge on any atom is -0.390 e. The third-order valence-corrected chi connectivity index (χ3v) is 2.35. The molecule has 0 fully saturated rings. The SMILES string of the molecule is NC(=S)C1=C(C(F)(F)F)CCCC1. The molecule has 1 aliphatic rings. The second-order valence-corrected chi connectivity index (χ2v) is 3.47. The van der Waals surface area contributed by atoms with Crippen LogP contribution in [-0.2, 0) is 0 Å². The Bertz CT molecular complexity index is 255. The fraction of sp³-hybridized carbons (Fsp3) is 0.625. The van der Waals surface area contributed by atoms with E-state index in [2.05, 4.69) is 12.2 Å². The van der Waals surface area contributed by atoms with Crippen LogP contribution in [-0.4, -0.2) is 11.2 Å². The predicted octanol–water partition coefficient (Wildman–Crippen LogP) is 2.71. The second-order valence-electron chi connectivity index (χ2n) is 3.03. The minimum atomic E-state index is -4.26. The number of rotatable bonds is 1. The summed E-state index contributed by atoms with van der Waals surface area (Å²) in [5.74, 6) is 0. The Kier molecular flexibility index (Phi) is 2.95. The van der Waals surface area contributed by atoms with Crippen LogP contribution in [0.2, 0.25) is 0 Å². The maximum absolute atomic E-state index is 12.4. The van der Waals surface area contributed by atoms with Crippen LogP contribution in [0.15, 0.2) is 11.1 Å². The molecule has 0 amide bonds. The van der Waals surface area contributed by atoms with Crippen molar-refractivity contribution in [2.45, 2.75) is 31.9 Å². The third-order valence-electron chi connectivity index (χ3n) is 2.11. The van der Waals surface area contributed by atoms with E-state index in [1.807, 2.05) is 0 Å². The maximum Gasteiger partial charge on any atom is 0.413 e. The highest BCUT2D eigenvalue weighted by Crippen LogP contribution is 2.36. The summed E-state index contributed by atoms with van der Waals surface area (Å²) in [6, 6.07) is 0. The van der Waals surface area contributed by atoms with Gasteiger partial charge in [0.05, 0.1) is 4.99 Å². The molecule has 13 heavy (non-hydrogen) atoms. The van der Waals surface area contributed by atoms with E-state index in [9.17, 15) is 13.2 Å². The lowest BCUT2D eigenvalue weighted by Gasteiger charge is -2.21. The highest BCUT2D eigenvalue weighted by atomic mass is 32.1. The van der Waals surface area contributed by atoms with E-state index in [4.69, 9.17) is 5.73 Å². The van der Waals surface area contributed by atoms with Crippen LogP contribution in [0.25, 0.3) is 0 Å². The number of allylic oxidation sites excluding steroid dienone is 1. The van der Waals surface area contributed by atoms with Crippen LogP contribution in [0.4, 0.5) is 13.2 Å². The molecule has 1 nitrogen and oxygen atoms in total. The first-order valence-corrected chi connectivity index (χ1v) is 4.43. The number of hydrogen-bond acceptors (Lipinski definition) is 1. The monoisotopic (exact) mass is 209 g/mol. The van der Waals surface area contributed by atoms with E-state index in [1.54, 1.807) is 0 Å². The summed E-state index contributed by atoms with van der Waals surface area (Å²) in [7, 11) is 0. The fourth-order valence-electron chi connectivity index (χ4n) is 1.49. The number of halogens is 3. The van der Waals surface area contributed by atoms with Gasteiger partial charge in [-0.3, -0.25) is 0 Å². The van der Waals surface area contributed by atoms with Crippen molar-refractivity contribution in [1.82, 2.24) is 0 Å². The van der Waals surface area contributed by atoms with E-state index in [-0.39, 0.29) is 17.0 Å². The second kappa shape index (κ2) is 3.65. The van der Waals surface area contributed by atoms with Crippen molar-refractivity contribution >= 4 is 17.2 Å². The van der Waals surface area contributed by atoms with Crippen molar-refractivity contribution < 1.29 is 13.2 Å². The lowest BCUT2D eigenvalue weighted by atomic mass is 9.91. The highest BCUT2D eigenvalue weighted by Gasteiger charge is 2.37. The summed E-state index contributed by atoms with van der Waals surface area (Å²) in [6.07, 6.45) is -2.53. The van der Waals surface area contributed by atoms with Gasteiger partial charge in [-0.15, -0.1) is 0 Å². The number of hydrogen-bond donors (Lipinski definition) is 1. The Balaban J connectivity index is 3.04. The zero-order chi connectivity index (χ0) is 10.1. The summed E-state index contributed by atoms with van der Waals surface area (Å²) < 4.78 is 37.1. The first-order valence-electron chi connectivity index (χ1n) is 4.02. The van der Waals surface area contributed by atoms with E-state index >= 15 is 0 Å². The smallest absolute Gasteiger partial charge is 0.390 e. The Morgan fingerprint density at radius 2 is 1.77 bits per heavy atom. The molecule has 0 unspecified atom stereocenters. The van der Waals surface area contributed by atoms with Gasteiger partial charge in [0.15, 0.2) is 0 Å². The van der Waals surface area contributed by atoms with Crippen LogP contribution in [0.5, 0.6) is 0 Å².